The summed E-state index contributed by atoms with van der Waals surface area (Å²) in [4.78, 5) is 22.5. The number of rotatable bonds is 9. The summed E-state index contributed by atoms with van der Waals surface area (Å²) in [6, 6.07) is 1.30. The van der Waals surface area contributed by atoms with Gasteiger partial charge in [-0.25, -0.2) is 23.5 Å². The molecule has 40 heavy (non-hydrogen) atoms. The fraction of sp³-hybridized carbons (Fsp3) is 0.500. The second-order valence-electron chi connectivity index (χ2n) is 10.8. The molecule has 0 bridgehead atoms. The van der Waals surface area contributed by atoms with Crippen molar-refractivity contribution < 1.29 is 27.8 Å². The van der Waals surface area contributed by atoms with Gasteiger partial charge in [-0.15, -0.1) is 0 Å². The molecule has 0 atom stereocenters. The number of carbonyl (C=O) groups excluding carboxylic acids is 1. The van der Waals surface area contributed by atoms with E-state index < -0.39 is 17.2 Å². The van der Waals surface area contributed by atoms with Crippen LogP contribution in [0.1, 0.15) is 51.2 Å². The SMILES string of the molecule is COc1cc(C)c(F)c(COc2cnc(Nc3cnn(CCC4CCN(C(=O)OC(C)(C)C)CC4)c3)nc2)c1F. The lowest BCUT2D eigenvalue weighted by Crippen LogP contribution is -2.41. The van der Waals surface area contributed by atoms with E-state index in [2.05, 4.69) is 20.4 Å². The number of halogens is 2. The molecule has 0 unspecified atom stereocenters. The number of amides is 1. The van der Waals surface area contributed by atoms with Crippen LogP contribution in [0.25, 0.3) is 0 Å². The lowest BCUT2D eigenvalue weighted by Gasteiger charge is -2.33. The van der Waals surface area contributed by atoms with Crippen LogP contribution in [0, 0.1) is 24.5 Å². The van der Waals surface area contributed by atoms with Crippen molar-refractivity contribution >= 4 is 17.7 Å². The van der Waals surface area contributed by atoms with E-state index in [4.69, 9.17) is 14.2 Å². The molecular weight excluding hydrogens is 522 g/mol. The third kappa shape index (κ3) is 7.57. The summed E-state index contributed by atoms with van der Waals surface area (Å²) in [5.41, 5.74) is 0.278. The average Bonchev–Trinajstić information content (AvgIpc) is 3.37. The number of carbonyl (C=O) groups is 1. The molecule has 1 aliphatic heterocycles. The van der Waals surface area contributed by atoms with Gasteiger partial charge in [-0.1, -0.05) is 0 Å². The number of anilines is 2. The highest BCUT2D eigenvalue weighted by Crippen LogP contribution is 2.27. The highest BCUT2D eigenvalue weighted by atomic mass is 19.1. The second-order valence-corrected chi connectivity index (χ2v) is 10.8. The molecule has 2 aromatic heterocycles. The smallest absolute Gasteiger partial charge is 0.410 e. The van der Waals surface area contributed by atoms with Gasteiger partial charge in [-0.2, -0.15) is 5.10 Å². The topological polar surface area (TPSA) is 104 Å². The fourth-order valence-corrected chi connectivity index (χ4v) is 4.42. The Balaban J connectivity index is 1.23. The maximum absolute atomic E-state index is 14.5. The molecule has 1 fully saturated rings. The normalized spacial score (nSPS) is 14.2. The van der Waals surface area contributed by atoms with E-state index in [1.165, 1.54) is 32.5 Å². The number of aromatic nitrogens is 4. The van der Waals surface area contributed by atoms with E-state index in [0.717, 1.165) is 31.5 Å². The average molecular weight is 559 g/mol. The van der Waals surface area contributed by atoms with Crippen molar-refractivity contribution in [3.05, 3.63) is 53.6 Å². The van der Waals surface area contributed by atoms with Crippen LogP contribution in [0.2, 0.25) is 0 Å². The lowest BCUT2D eigenvalue weighted by molar-refractivity contribution is 0.0179. The van der Waals surface area contributed by atoms with Crippen molar-refractivity contribution in [1.82, 2.24) is 24.6 Å². The number of nitrogens with zero attached hydrogens (tertiary/aromatic N) is 5. The number of hydrogen-bond acceptors (Lipinski definition) is 8. The summed E-state index contributed by atoms with van der Waals surface area (Å²) in [6.07, 6.45) is 8.99. The zero-order chi connectivity index (χ0) is 28.9. The van der Waals surface area contributed by atoms with Gasteiger partial charge in [0.05, 0.1) is 37.0 Å². The number of methoxy groups -OCH3 is 1. The van der Waals surface area contributed by atoms with Gasteiger partial charge in [0.15, 0.2) is 17.3 Å². The van der Waals surface area contributed by atoms with Crippen LogP contribution in [0.5, 0.6) is 11.5 Å². The first-order valence-electron chi connectivity index (χ1n) is 13.3. The number of piperidine rings is 1. The van der Waals surface area contributed by atoms with Gasteiger partial charge in [-0.05, 0) is 64.5 Å². The fourth-order valence-electron chi connectivity index (χ4n) is 4.42. The summed E-state index contributed by atoms with van der Waals surface area (Å²) in [6.45, 7) is 8.97. The first-order chi connectivity index (χ1) is 19.0. The third-order valence-electron chi connectivity index (χ3n) is 6.59. The molecule has 1 saturated heterocycles. The Hall–Kier alpha value is -3.96. The number of benzene rings is 1. The Morgan fingerprint density at radius 3 is 2.48 bits per heavy atom. The summed E-state index contributed by atoms with van der Waals surface area (Å²) < 4.78 is 46.7. The predicted molar refractivity (Wildman–Crippen MR) is 145 cm³/mol. The molecule has 0 radical (unpaired) electrons. The van der Waals surface area contributed by atoms with Gasteiger partial charge in [0, 0.05) is 25.8 Å². The first kappa shape index (κ1) is 29.0. The maximum Gasteiger partial charge on any atom is 0.410 e. The monoisotopic (exact) mass is 558 g/mol. The first-order valence-corrected chi connectivity index (χ1v) is 13.3. The Kier molecular flexibility index (Phi) is 9.06. The largest absolute Gasteiger partial charge is 0.494 e. The number of nitrogens with one attached hydrogen (secondary N) is 1. The third-order valence-corrected chi connectivity index (χ3v) is 6.59. The molecule has 0 spiro atoms. The van der Waals surface area contributed by atoms with E-state index in [0.29, 0.717) is 25.0 Å². The van der Waals surface area contributed by atoms with Gasteiger partial charge in [0.25, 0.3) is 0 Å². The molecule has 3 heterocycles. The van der Waals surface area contributed by atoms with Crippen molar-refractivity contribution in [2.24, 2.45) is 5.92 Å². The summed E-state index contributed by atoms with van der Waals surface area (Å²) in [7, 11) is 1.32. The van der Waals surface area contributed by atoms with Gasteiger partial charge < -0.3 is 24.4 Å². The summed E-state index contributed by atoms with van der Waals surface area (Å²) >= 11 is 0. The van der Waals surface area contributed by atoms with Crippen LogP contribution < -0.4 is 14.8 Å². The molecule has 1 aromatic carbocycles. The molecular formula is C28H36F2N6O4. The van der Waals surface area contributed by atoms with Crippen molar-refractivity contribution in [3.63, 3.8) is 0 Å². The van der Waals surface area contributed by atoms with Crippen LogP contribution in [0.4, 0.5) is 25.2 Å². The zero-order valence-electron chi connectivity index (χ0n) is 23.5. The molecule has 1 N–H and O–H groups in total. The van der Waals surface area contributed by atoms with Crippen LogP contribution in [-0.4, -0.2) is 56.5 Å². The second kappa shape index (κ2) is 12.5. The number of hydrogen-bond donors (Lipinski definition) is 1. The minimum absolute atomic E-state index is 0.0440. The van der Waals surface area contributed by atoms with Crippen molar-refractivity contribution in [1.29, 1.82) is 0 Å². The van der Waals surface area contributed by atoms with Crippen LogP contribution in [0.15, 0.2) is 30.9 Å². The quantitative estimate of drug-likeness (QED) is 0.361. The molecule has 4 rings (SSSR count). The van der Waals surface area contributed by atoms with Gasteiger partial charge in [-0.3, -0.25) is 4.68 Å². The summed E-state index contributed by atoms with van der Waals surface area (Å²) in [5.74, 6) is -0.418. The Bertz CT molecular complexity index is 1300. The van der Waals surface area contributed by atoms with Gasteiger partial charge in [0.1, 0.15) is 18.0 Å². The zero-order valence-corrected chi connectivity index (χ0v) is 23.5. The minimum atomic E-state index is -0.798. The van der Waals surface area contributed by atoms with Crippen molar-refractivity contribution in [2.75, 3.05) is 25.5 Å². The Morgan fingerprint density at radius 1 is 1.12 bits per heavy atom. The van der Waals surface area contributed by atoms with Gasteiger partial charge in [0.2, 0.25) is 5.95 Å². The van der Waals surface area contributed by atoms with Gasteiger partial charge >= 0.3 is 6.09 Å². The van der Waals surface area contributed by atoms with Crippen LogP contribution in [0.3, 0.4) is 0 Å². The predicted octanol–water partition coefficient (Wildman–Crippen LogP) is 5.63. The summed E-state index contributed by atoms with van der Waals surface area (Å²) in [5, 5.41) is 7.49. The molecule has 0 aliphatic carbocycles. The molecule has 0 saturated carbocycles. The molecule has 216 valence electrons. The molecule has 1 amide bonds. The Morgan fingerprint density at radius 2 is 1.82 bits per heavy atom. The van der Waals surface area contributed by atoms with Crippen molar-refractivity contribution in [2.45, 2.75) is 65.7 Å². The highest BCUT2D eigenvalue weighted by Gasteiger charge is 2.26. The van der Waals surface area contributed by atoms with E-state index in [1.807, 2.05) is 31.6 Å². The maximum atomic E-state index is 14.5. The van der Waals surface area contributed by atoms with E-state index >= 15 is 0 Å². The lowest BCUT2D eigenvalue weighted by atomic mass is 9.94. The van der Waals surface area contributed by atoms with E-state index in [1.54, 1.807) is 11.1 Å². The molecule has 1 aliphatic rings. The molecule has 12 heteroatoms. The van der Waals surface area contributed by atoms with Crippen LogP contribution in [-0.2, 0) is 17.9 Å². The van der Waals surface area contributed by atoms with E-state index in [-0.39, 0.29) is 35.3 Å². The highest BCUT2D eigenvalue weighted by molar-refractivity contribution is 5.68. The minimum Gasteiger partial charge on any atom is -0.494 e. The number of likely N-dealkylation sites (tertiary alicyclic amines) is 1. The van der Waals surface area contributed by atoms with E-state index in [9.17, 15) is 13.6 Å². The van der Waals surface area contributed by atoms with Crippen molar-refractivity contribution in [3.8, 4) is 11.5 Å². The molecule has 10 nitrogen and oxygen atoms in total. The molecule has 3 aromatic rings. The number of ether oxygens (including phenoxy) is 3. The van der Waals surface area contributed by atoms with Crippen LogP contribution >= 0.6 is 0 Å². The Labute approximate surface area is 232 Å². The standard InChI is InChI=1S/C28H36F2N6O4/c1-18-12-23(38-5)25(30)22(24(18)29)17-39-21-14-31-26(32-15-21)34-20-13-33-36(16-20)11-8-19-6-9-35(10-7-19)27(37)40-28(2,3)4/h12-16,19H,6-11,17H2,1-5H3,(H,31,32,34). The number of aryl methyl sites for hydroxylation is 2.